The molecule has 1 aromatic rings. The third-order valence-corrected chi connectivity index (χ3v) is 4.16. The Hall–Kier alpha value is -1.39. The fourth-order valence-corrected chi connectivity index (χ4v) is 2.69. The van der Waals surface area contributed by atoms with Gasteiger partial charge in [-0.2, -0.15) is 4.98 Å². The number of aromatic nitrogens is 2. The molecule has 1 amide bonds. The van der Waals surface area contributed by atoms with E-state index in [1.54, 1.807) is 0 Å². The van der Waals surface area contributed by atoms with Gasteiger partial charge in [-0.05, 0) is 18.8 Å². The van der Waals surface area contributed by atoms with E-state index in [1.165, 1.54) is 19.3 Å². The van der Waals surface area contributed by atoms with Gasteiger partial charge < -0.3 is 9.84 Å². The summed E-state index contributed by atoms with van der Waals surface area (Å²) in [5.74, 6) is 1.91. The predicted octanol–water partition coefficient (Wildman–Crippen LogP) is 2.99. The summed E-state index contributed by atoms with van der Waals surface area (Å²) in [6.07, 6.45) is 5.73. The first-order valence-corrected chi connectivity index (χ1v) is 7.98. The van der Waals surface area contributed by atoms with E-state index in [0.717, 1.165) is 6.42 Å². The number of aryl methyl sites for hydroxylation is 1. The van der Waals surface area contributed by atoms with Gasteiger partial charge in [-0.25, -0.2) is 0 Å². The van der Waals surface area contributed by atoms with Crippen molar-refractivity contribution in [1.82, 2.24) is 15.5 Å². The Morgan fingerprint density at radius 1 is 1.33 bits per heavy atom. The zero-order valence-corrected chi connectivity index (χ0v) is 13.6. The summed E-state index contributed by atoms with van der Waals surface area (Å²) in [5.41, 5.74) is -0.123. The summed E-state index contributed by atoms with van der Waals surface area (Å²) in [6, 6.07) is 0.332. The largest absolute Gasteiger partial charge is 0.353 e. The normalized spacial score (nSPS) is 23.0. The van der Waals surface area contributed by atoms with E-state index in [2.05, 4.69) is 22.4 Å². The Morgan fingerprint density at radius 2 is 2.05 bits per heavy atom. The van der Waals surface area contributed by atoms with Gasteiger partial charge in [-0.15, -0.1) is 0 Å². The van der Waals surface area contributed by atoms with Crippen LogP contribution >= 0.6 is 0 Å². The second kappa shape index (κ2) is 6.58. The van der Waals surface area contributed by atoms with Crippen molar-refractivity contribution in [1.29, 1.82) is 0 Å². The maximum absolute atomic E-state index is 12.0. The molecule has 2 rings (SSSR count). The van der Waals surface area contributed by atoms with Crippen LogP contribution in [0.25, 0.3) is 0 Å². The van der Waals surface area contributed by atoms with Crippen LogP contribution in [0.4, 0.5) is 0 Å². The molecular formula is C16H27N3O2. The molecule has 5 nitrogen and oxygen atoms in total. The highest BCUT2D eigenvalue weighted by Crippen LogP contribution is 2.24. The molecule has 0 radical (unpaired) electrons. The fraction of sp³-hybridized carbons (Fsp3) is 0.812. The second-order valence-electron chi connectivity index (χ2n) is 7.20. The molecule has 1 aromatic heterocycles. The van der Waals surface area contributed by atoms with Crippen LogP contribution in [-0.4, -0.2) is 22.1 Å². The van der Waals surface area contributed by atoms with E-state index >= 15 is 0 Å². The molecule has 1 heterocycles. The van der Waals surface area contributed by atoms with E-state index in [4.69, 9.17) is 4.52 Å². The van der Waals surface area contributed by atoms with Gasteiger partial charge in [0.05, 0.1) is 0 Å². The van der Waals surface area contributed by atoms with Gasteiger partial charge in [0.1, 0.15) is 0 Å². The standard InChI is InChI=1S/C16H27N3O2/c1-11-7-5-6-8-12(11)17-13(20)9-10-14-18-15(19-21-14)16(2,3)4/h11-12H,5-10H2,1-4H3,(H,17,20)/t11-,12-/m1/s1. The third-order valence-electron chi connectivity index (χ3n) is 4.16. The van der Waals surface area contributed by atoms with E-state index in [0.29, 0.717) is 36.5 Å². The fourth-order valence-electron chi connectivity index (χ4n) is 2.69. The van der Waals surface area contributed by atoms with Crippen molar-refractivity contribution in [2.24, 2.45) is 5.92 Å². The van der Waals surface area contributed by atoms with Gasteiger partial charge in [-0.1, -0.05) is 45.7 Å². The molecule has 0 saturated heterocycles. The van der Waals surface area contributed by atoms with E-state index in [-0.39, 0.29) is 11.3 Å². The number of carbonyl (C=O) groups excluding carboxylic acids is 1. The highest BCUT2D eigenvalue weighted by Gasteiger charge is 2.24. The number of nitrogens with zero attached hydrogens (tertiary/aromatic N) is 2. The average molecular weight is 293 g/mol. The predicted molar refractivity (Wildman–Crippen MR) is 80.9 cm³/mol. The van der Waals surface area contributed by atoms with Gasteiger partial charge >= 0.3 is 0 Å². The Morgan fingerprint density at radius 3 is 2.67 bits per heavy atom. The van der Waals surface area contributed by atoms with Crippen molar-refractivity contribution in [3.8, 4) is 0 Å². The van der Waals surface area contributed by atoms with E-state index < -0.39 is 0 Å². The highest BCUT2D eigenvalue weighted by atomic mass is 16.5. The smallest absolute Gasteiger partial charge is 0.227 e. The maximum atomic E-state index is 12.0. The second-order valence-corrected chi connectivity index (χ2v) is 7.20. The van der Waals surface area contributed by atoms with Gasteiger partial charge in [0, 0.05) is 24.3 Å². The van der Waals surface area contributed by atoms with Crippen molar-refractivity contribution < 1.29 is 9.32 Å². The molecular weight excluding hydrogens is 266 g/mol. The minimum absolute atomic E-state index is 0.0873. The molecule has 0 spiro atoms. The number of rotatable bonds is 4. The van der Waals surface area contributed by atoms with E-state index in [9.17, 15) is 4.79 Å². The van der Waals surface area contributed by atoms with Crippen LogP contribution in [0, 0.1) is 5.92 Å². The number of hydrogen-bond acceptors (Lipinski definition) is 4. The number of carbonyl (C=O) groups is 1. The number of nitrogens with one attached hydrogen (secondary N) is 1. The molecule has 0 aliphatic heterocycles. The van der Waals surface area contributed by atoms with E-state index in [1.807, 2.05) is 20.8 Å². The maximum Gasteiger partial charge on any atom is 0.227 e. The molecule has 118 valence electrons. The Labute approximate surface area is 126 Å². The lowest BCUT2D eigenvalue weighted by atomic mass is 9.86. The molecule has 0 bridgehead atoms. The number of amides is 1. The van der Waals surface area contributed by atoms with Crippen LogP contribution in [0.15, 0.2) is 4.52 Å². The van der Waals surface area contributed by atoms with Crippen LogP contribution in [0.1, 0.15) is 71.5 Å². The quantitative estimate of drug-likeness (QED) is 0.926. The van der Waals surface area contributed by atoms with Crippen LogP contribution in [0.2, 0.25) is 0 Å². The van der Waals surface area contributed by atoms with Crippen molar-refractivity contribution in [2.75, 3.05) is 0 Å². The SMILES string of the molecule is C[C@@H]1CCCC[C@H]1NC(=O)CCc1nc(C(C)(C)C)no1. The monoisotopic (exact) mass is 293 g/mol. The first kappa shape index (κ1) is 16.0. The van der Waals surface area contributed by atoms with Crippen molar-refractivity contribution in [2.45, 2.75) is 77.7 Å². The minimum Gasteiger partial charge on any atom is -0.353 e. The summed E-state index contributed by atoms with van der Waals surface area (Å²) >= 11 is 0. The van der Waals surface area contributed by atoms with Crippen molar-refractivity contribution >= 4 is 5.91 Å². The third kappa shape index (κ3) is 4.55. The minimum atomic E-state index is -0.123. The summed E-state index contributed by atoms with van der Waals surface area (Å²) < 4.78 is 5.21. The van der Waals surface area contributed by atoms with Gasteiger partial charge in [0.25, 0.3) is 0 Å². The zero-order chi connectivity index (χ0) is 15.5. The zero-order valence-electron chi connectivity index (χ0n) is 13.6. The first-order valence-electron chi connectivity index (χ1n) is 7.98. The summed E-state index contributed by atoms with van der Waals surface area (Å²) in [7, 11) is 0. The van der Waals surface area contributed by atoms with Crippen LogP contribution in [0.5, 0.6) is 0 Å². The lowest BCUT2D eigenvalue weighted by molar-refractivity contribution is -0.122. The first-order chi connectivity index (χ1) is 9.86. The van der Waals surface area contributed by atoms with Crippen molar-refractivity contribution in [3.05, 3.63) is 11.7 Å². The van der Waals surface area contributed by atoms with Crippen LogP contribution in [-0.2, 0) is 16.6 Å². The number of hydrogen-bond donors (Lipinski definition) is 1. The summed E-state index contributed by atoms with van der Waals surface area (Å²) in [5, 5.41) is 7.12. The highest BCUT2D eigenvalue weighted by molar-refractivity contribution is 5.76. The molecule has 0 unspecified atom stereocenters. The van der Waals surface area contributed by atoms with Crippen LogP contribution < -0.4 is 5.32 Å². The molecule has 1 fully saturated rings. The van der Waals surface area contributed by atoms with Crippen molar-refractivity contribution in [3.63, 3.8) is 0 Å². The molecule has 1 aliphatic carbocycles. The Balaban J connectivity index is 1.80. The van der Waals surface area contributed by atoms with Gasteiger partial charge in [-0.3, -0.25) is 4.79 Å². The molecule has 5 heteroatoms. The molecule has 21 heavy (non-hydrogen) atoms. The summed E-state index contributed by atoms with van der Waals surface area (Å²) in [6.45, 7) is 8.34. The van der Waals surface area contributed by atoms with Crippen LogP contribution in [0.3, 0.4) is 0 Å². The average Bonchev–Trinajstić information content (AvgIpc) is 2.88. The topological polar surface area (TPSA) is 68.0 Å². The lowest BCUT2D eigenvalue weighted by Crippen LogP contribution is -2.41. The Bertz CT molecular complexity index is 476. The van der Waals surface area contributed by atoms with Gasteiger partial charge in [0.15, 0.2) is 5.82 Å². The van der Waals surface area contributed by atoms with Gasteiger partial charge in [0.2, 0.25) is 11.8 Å². The molecule has 2 atom stereocenters. The Kier molecular flexibility index (Phi) is 5.01. The summed E-state index contributed by atoms with van der Waals surface area (Å²) in [4.78, 5) is 16.4. The molecule has 0 aromatic carbocycles. The lowest BCUT2D eigenvalue weighted by Gasteiger charge is -2.29. The molecule has 1 aliphatic rings. The molecule has 1 saturated carbocycles. The molecule has 1 N–H and O–H groups in total.